The van der Waals surface area contributed by atoms with Crippen molar-refractivity contribution >= 4 is 16.8 Å². The van der Waals surface area contributed by atoms with E-state index in [1.807, 2.05) is 60.7 Å². The molecule has 0 atom stereocenters. The number of nitrogens with one attached hydrogen (secondary N) is 1. The van der Waals surface area contributed by atoms with Crippen molar-refractivity contribution in [1.82, 2.24) is 4.98 Å². The molecule has 6 N–H and O–H groups in total. The average molecular weight is 529 g/mol. The summed E-state index contributed by atoms with van der Waals surface area (Å²) in [5.41, 5.74) is 9.20. The minimum atomic E-state index is -0.454. The topological polar surface area (TPSA) is 161 Å². The maximum Gasteiger partial charge on any atom is 1.00 e. The third-order valence-electron chi connectivity index (χ3n) is 4.89. The predicted molar refractivity (Wildman–Crippen MR) is 141 cm³/mol. The van der Waals surface area contributed by atoms with Gasteiger partial charge in [-0.1, -0.05) is 60.7 Å². The molecule has 0 radical (unpaired) electrons. The van der Waals surface area contributed by atoms with Gasteiger partial charge in [0, 0.05) is 19.2 Å². The van der Waals surface area contributed by atoms with Gasteiger partial charge in [0.15, 0.2) is 5.58 Å². The van der Waals surface area contributed by atoms with E-state index in [9.17, 15) is 9.90 Å². The Morgan fingerprint density at radius 2 is 1.29 bits per heavy atom. The Morgan fingerprint density at radius 1 is 0.789 bits per heavy atom. The van der Waals surface area contributed by atoms with Crippen LogP contribution in [0.2, 0.25) is 0 Å². The van der Waals surface area contributed by atoms with E-state index in [1.54, 1.807) is 30.3 Å². The van der Waals surface area contributed by atoms with E-state index in [2.05, 4.69) is 4.98 Å². The Morgan fingerprint density at radius 3 is 1.82 bits per heavy atom. The third kappa shape index (κ3) is 9.97. The fraction of sp³-hybridized carbons (Fsp3) is 0.107. The van der Waals surface area contributed by atoms with Crippen molar-refractivity contribution in [3.8, 4) is 17.2 Å². The number of hydrogen-bond donors (Lipinski definition) is 4. The van der Waals surface area contributed by atoms with Crippen molar-refractivity contribution < 1.29 is 59.1 Å². The van der Waals surface area contributed by atoms with E-state index in [0.29, 0.717) is 41.5 Å². The van der Waals surface area contributed by atoms with E-state index in [4.69, 9.17) is 24.7 Å². The molecular formula is C28H29N2NaO7. The van der Waals surface area contributed by atoms with Crippen LogP contribution in [0.1, 0.15) is 11.1 Å². The van der Waals surface area contributed by atoms with Gasteiger partial charge in [-0.15, -0.1) is 0 Å². The molecule has 38 heavy (non-hydrogen) atoms. The van der Waals surface area contributed by atoms with Crippen LogP contribution in [-0.4, -0.2) is 27.8 Å². The molecule has 0 aliphatic carbocycles. The van der Waals surface area contributed by atoms with Crippen LogP contribution in [0, 0.1) is 0 Å². The number of aromatic hydroxyl groups is 1. The molecule has 0 bridgehead atoms. The van der Waals surface area contributed by atoms with Crippen molar-refractivity contribution in [1.29, 1.82) is 0 Å². The van der Waals surface area contributed by atoms with E-state index in [1.165, 1.54) is 6.07 Å². The van der Waals surface area contributed by atoms with Gasteiger partial charge < -0.3 is 35.3 Å². The molecule has 10 heteroatoms. The van der Waals surface area contributed by atoms with Gasteiger partial charge in [0.05, 0.1) is 11.2 Å². The molecule has 1 heterocycles. The molecule has 0 unspecified atom stereocenters. The normalized spacial score (nSPS) is 9.42. The number of phenolic OH excluding ortho intramolecular Hbond substituents is 1. The van der Waals surface area contributed by atoms with Crippen molar-refractivity contribution in [3.63, 3.8) is 0 Å². The Labute approximate surface area is 242 Å². The van der Waals surface area contributed by atoms with Crippen LogP contribution in [0.25, 0.3) is 11.1 Å². The first-order valence-electron chi connectivity index (χ1n) is 11.1. The summed E-state index contributed by atoms with van der Waals surface area (Å²) in [4.78, 5) is 13.6. The summed E-state index contributed by atoms with van der Waals surface area (Å²) in [6.45, 7) is 0.963. The molecule has 9 nitrogen and oxygen atoms in total. The van der Waals surface area contributed by atoms with Crippen LogP contribution < -0.4 is 50.5 Å². The summed E-state index contributed by atoms with van der Waals surface area (Å²) in [6, 6.07) is 29.9. The second kappa shape index (κ2) is 16.9. The van der Waals surface area contributed by atoms with Crippen LogP contribution in [0.15, 0.2) is 106 Å². The zero-order valence-electron chi connectivity index (χ0n) is 21.2. The number of benzene rings is 4. The number of aliphatic hydroxyl groups is 1. The van der Waals surface area contributed by atoms with Crippen molar-refractivity contribution in [3.05, 3.63) is 119 Å². The number of hydrogen-bond acceptors (Lipinski definition) is 8. The molecule has 1 aromatic heterocycles. The van der Waals surface area contributed by atoms with E-state index < -0.39 is 5.76 Å². The van der Waals surface area contributed by atoms with Gasteiger partial charge in [0.25, 0.3) is 0 Å². The van der Waals surface area contributed by atoms with Crippen LogP contribution in [0.5, 0.6) is 17.2 Å². The number of anilines is 1. The van der Waals surface area contributed by atoms with Crippen LogP contribution in [-0.2, 0) is 13.2 Å². The Hall–Kier alpha value is -3.73. The SMILES string of the molecule is CO.Nc1ccc(OCc2ccccc2)cc1O.O=c1[nH]c2ccc(OCc3ccccc3)cc2o1.[Na+].[OH-]. The zero-order chi connectivity index (χ0) is 25.8. The fourth-order valence-corrected chi connectivity index (χ4v) is 3.11. The molecule has 0 fully saturated rings. The monoisotopic (exact) mass is 528 g/mol. The predicted octanol–water partition coefficient (Wildman–Crippen LogP) is 1.69. The summed E-state index contributed by atoms with van der Waals surface area (Å²) in [5.74, 6) is 0.875. The molecule has 4 aromatic carbocycles. The van der Waals surface area contributed by atoms with Crippen LogP contribution in [0.3, 0.4) is 0 Å². The summed E-state index contributed by atoms with van der Waals surface area (Å²) in [6.07, 6.45) is 0. The van der Waals surface area contributed by atoms with E-state index >= 15 is 0 Å². The second-order valence-corrected chi connectivity index (χ2v) is 7.44. The Kier molecular flexibility index (Phi) is 14.4. The minimum Gasteiger partial charge on any atom is -0.870 e. The Bertz CT molecular complexity index is 1410. The maximum atomic E-state index is 11.0. The van der Waals surface area contributed by atoms with Gasteiger partial charge in [-0.25, -0.2) is 4.79 Å². The second-order valence-electron chi connectivity index (χ2n) is 7.44. The van der Waals surface area contributed by atoms with E-state index in [-0.39, 0.29) is 40.8 Å². The number of ether oxygens (including phenoxy) is 2. The number of aromatic amines is 1. The van der Waals surface area contributed by atoms with Gasteiger partial charge in [-0.05, 0) is 35.4 Å². The van der Waals surface area contributed by atoms with Crippen molar-refractivity contribution in [2.24, 2.45) is 0 Å². The molecule has 5 rings (SSSR count). The van der Waals surface area contributed by atoms with Crippen LogP contribution in [0.4, 0.5) is 5.69 Å². The summed E-state index contributed by atoms with van der Waals surface area (Å²) < 4.78 is 16.1. The molecule has 0 aliphatic rings. The fourth-order valence-electron chi connectivity index (χ4n) is 3.11. The minimum absolute atomic E-state index is 0. The summed E-state index contributed by atoms with van der Waals surface area (Å²) in [5, 5.41) is 16.4. The smallest absolute Gasteiger partial charge is 0.870 e. The quantitative estimate of drug-likeness (QED) is 0.147. The van der Waals surface area contributed by atoms with Gasteiger partial charge in [0.1, 0.15) is 30.5 Å². The van der Waals surface area contributed by atoms with Crippen molar-refractivity contribution in [2.45, 2.75) is 13.2 Å². The number of oxazole rings is 1. The largest absolute Gasteiger partial charge is 1.00 e. The number of rotatable bonds is 6. The zero-order valence-corrected chi connectivity index (χ0v) is 23.2. The third-order valence-corrected chi connectivity index (χ3v) is 4.89. The number of nitrogens with two attached hydrogens (primary N) is 1. The molecule has 194 valence electrons. The van der Waals surface area contributed by atoms with Gasteiger partial charge in [0.2, 0.25) is 0 Å². The van der Waals surface area contributed by atoms with Gasteiger partial charge in [-0.3, -0.25) is 4.98 Å². The average Bonchev–Trinajstić information content (AvgIpc) is 3.30. The molecule has 5 aromatic rings. The number of nitrogen functional groups attached to an aromatic ring is 1. The first kappa shape index (κ1) is 32.3. The summed E-state index contributed by atoms with van der Waals surface area (Å²) >= 11 is 0. The molecule has 0 amide bonds. The summed E-state index contributed by atoms with van der Waals surface area (Å²) in [7, 11) is 1.00. The number of phenols is 1. The molecule has 0 spiro atoms. The number of aliphatic hydroxyl groups excluding tert-OH is 1. The number of fused-ring (bicyclic) bond motifs is 1. The Balaban J connectivity index is 0.000000342. The van der Waals surface area contributed by atoms with E-state index in [0.717, 1.165) is 18.2 Å². The molecule has 0 saturated heterocycles. The standard InChI is InChI=1S/C14H11NO3.C13H13NO2.CH4O.Na.H2O/c16-14-15-12-7-6-11(8-13(12)18-14)17-9-10-4-2-1-3-5-10;14-12-7-6-11(8-13(12)15)16-9-10-4-2-1-3-5-10;1-2;;/h1-8H,9H2,(H,15,16);1-8,15H,9,14H2;2H,1H3;;1H2/q;;;+1;/p-1. The first-order valence-corrected chi connectivity index (χ1v) is 11.1. The van der Waals surface area contributed by atoms with Gasteiger partial charge >= 0.3 is 35.3 Å². The number of aromatic nitrogens is 1. The maximum absolute atomic E-state index is 11.0. The van der Waals surface area contributed by atoms with Crippen molar-refractivity contribution in [2.75, 3.05) is 12.8 Å². The number of H-pyrrole nitrogens is 1. The first-order chi connectivity index (χ1) is 17.6. The molecular weight excluding hydrogens is 499 g/mol. The van der Waals surface area contributed by atoms with Gasteiger partial charge in [-0.2, -0.15) is 0 Å². The van der Waals surface area contributed by atoms with Crippen LogP contribution >= 0.6 is 0 Å². The molecule has 0 aliphatic heterocycles. The molecule has 0 saturated carbocycles.